The molecule has 0 radical (unpaired) electrons. The molecule has 8 rings (SSSR count). The van der Waals surface area contributed by atoms with Crippen LogP contribution in [0.3, 0.4) is 0 Å². The number of fused-ring (bicyclic) bond motifs is 4. The third-order valence-corrected chi connectivity index (χ3v) is 11.1. The SMILES string of the molecule is O=C(C=Cc1ccccc1CN1O[C@@H]2[C@H]3OC(c4ccccc4)(c4ccccc4)O[C@H]3[C@H]3C[C@]2(C(=O)NCc2cccc(C(=O)NCCO)c2)[C@@H]1C(=O)O3)OCC(F)(F)F. The Hall–Kier alpha value is -5.91. The average Bonchev–Trinajstić information content (AvgIpc) is 3.84. The normalized spacial score (nSPS) is 25.3. The molecule has 60 heavy (non-hydrogen) atoms. The van der Waals surface area contributed by atoms with E-state index in [1.807, 2.05) is 60.7 Å². The van der Waals surface area contributed by atoms with E-state index in [0.717, 1.165) is 6.08 Å². The van der Waals surface area contributed by atoms with E-state index in [2.05, 4.69) is 15.4 Å². The predicted octanol–water partition coefficient (Wildman–Crippen LogP) is 4.33. The van der Waals surface area contributed by atoms with Crippen LogP contribution in [0.4, 0.5) is 13.2 Å². The van der Waals surface area contributed by atoms with Crippen LogP contribution in [-0.4, -0.2) is 90.3 Å². The zero-order valence-electron chi connectivity index (χ0n) is 31.9. The average molecular weight is 828 g/mol. The fraction of sp³-hybridized carbons (Fsp3) is 0.318. The highest BCUT2D eigenvalue weighted by atomic mass is 19.4. The molecule has 2 bridgehead atoms. The smallest absolute Gasteiger partial charge is 0.422 e. The summed E-state index contributed by atoms with van der Waals surface area (Å²) < 4.78 is 62.4. The minimum atomic E-state index is -4.70. The van der Waals surface area contributed by atoms with E-state index in [1.165, 1.54) is 11.1 Å². The minimum Gasteiger partial charge on any atom is -0.458 e. The number of hydrogen-bond donors (Lipinski definition) is 3. The van der Waals surface area contributed by atoms with Crippen molar-refractivity contribution in [1.82, 2.24) is 15.7 Å². The van der Waals surface area contributed by atoms with Crippen molar-refractivity contribution < 1.29 is 61.2 Å². The number of nitrogens with one attached hydrogen (secondary N) is 2. The van der Waals surface area contributed by atoms with Crippen molar-refractivity contribution >= 4 is 29.8 Å². The molecule has 312 valence electrons. The van der Waals surface area contributed by atoms with Crippen molar-refractivity contribution in [2.24, 2.45) is 5.41 Å². The molecule has 4 aromatic carbocycles. The number of hydroxylamine groups is 2. The molecule has 1 saturated carbocycles. The lowest BCUT2D eigenvalue weighted by Crippen LogP contribution is -2.69. The molecule has 3 saturated heterocycles. The Balaban J connectivity index is 1.15. The molecule has 0 spiro atoms. The lowest BCUT2D eigenvalue weighted by Gasteiger charge is -2.48. The van der Waals surface area contributed by atoms with Crippen molar-refractivity contribution in [2.75, 3.05) is 19.8 Å². The highest BCUT2D eigenvalue weighted by Crippen LogP contribution is 2.59. The molecule has 16 heteroatoms. The summed E-state index contributed by atoms with van der Waals surface area (Å²) in [5.74, 6) is -4.36. The number of amides is 2. The second-order valence-electron chi connectivity index (χ2n) is 14.9. The van der Waals surface area contributed by atoms with Gasteiger partial charge in [0.25, 0.3) is 5.91 Å². The molecular formula is C44H40F3N3O10. The lowest BCUT2D eigenvalue weighted by atomic mass is 9.62. The van der Waals surface area contributed by atoms with Gasteiger partial charge in [-0.1, -0.05) is 97.1 Å². The van der Waals surface area contributed by atoms with Crippen LogP contribution in [0.5, 0.6) is 0 Å². The molecule has 4 aromatic rings. The van der Waals surface area contributed by atoms with Crippen molar-refractivity contribution in [1.29, 1.82) is 0 Å². The maximum absolute atomic E-state index is 15.0. The van der Waals surface area contributed by atoms with E-state index in [0.29, 0.717) is 33.4 Å². The van der Waals surface area contributed by atoms with E-state index < -0.39 is 78.2 Å². The van der Waals surface area contributed by atoms with Gasteiger partial charge < -0.3 is 34.7 Å². The van der Waals surface area contributed by atoms with Gasteiger partial charge in [-0.05, 0) is 34.9 Å². The number of halogens is 3. The first-order valence-corrected chi connectivity index (χ1v) is 19.3. The summed E-state index contributed by atoms with van der Waals surface area (Å²) in [6.45, 7) is -2.06. The molecule has 4 fully saturated rings. The maximum atomic E-state index is 15.0. The molecular weight excluding hydrogens is 787 g/mol. The molecule has 2 amide bonds. The van der Waals surface area contributed by atoms with Gasteiger partial charge in [-0.15, -0.1) is 0 Å². The number of aliphatic hydroxyl groups is 1. The topological polar surface area (TPSA) is 162 Å². The minimum absolute atomic E-state index is 0.00318. The van der Waals surface area contributed by atoms with E-state index in [-0.39, 0.29) is 32.7 Å². The first-order chi connectivity index (χ1) is 28.9. The third-order valence-electron chi connectivity index (χ3n) is 11.1. The number of ether oxygens (including phenoxy) is 4. The highest BCUT2D eigenvalue weighted by molar-refractivity contribution is 5.95. The summed E-state index contributed by atoms with van der Waals surface area (Å²) >= 11 is 0. The molecule has 0 unspecified atom stereocenters. The Kier molecular flexibility index (Phi) is 11.3. The van der Waals surface area contributed by atoms with Crippen LogP contribution >= 0.6 is 0 Å². The number of hydrogen-bond acceptors (Lipinski definition) is 11. The van der Waals surface area contributed by atoms with Crippen LogP contribution in [0.25, 0.3) is 6.08 Å². The van der Waals surface area contributed by atoms with Gasteiger partial charge in [0.05, 0.1) is 13.2 Å². The first kappa shape index (κ1) is 40.9. The first-order valence-electron chi connectivity index (χ1n) is 19.3. The number of carbonyl (C=O) groups excluding carboxylic acids is 4. The van der Waals surface area contributed by atoms with Gasteiger partial charge in [0.15, 0.2) is 12.6 Å². The fourth-order valence-electron chi connectivity index (χ4n) is 8.50. The zero-order chi connectivity index (χ0) is 42.1. The number of alkyl halides is 3. The van der Waals surface area contributed by atoms with Crippen LogP contribution in [-0.2, 0) is 57.0 Å². The lowest BCUT2D eigenvalue weighted by molar-refractivity contribution is -0.213. The Morgan fingerprint density at radius 1 is 0.883 bits per heavy atom. The largest absolute Gasteiger partial charge is 0.458 e. The van der Waals surface area contributed by atoms with Crippen molar-refractivity contribution in [3.63, 3.8) is 0 Å². The Labute approximate surface area is 342 Å². The number of carbonyl (C=O) groups is 4. The van der Waals surface area contributed by atoms with Crippen LogP contribution in [0.15, 0.2) is 115 Å². The number of esters is 2. The van der Waals surface area contributed by atoms with Crippen LogP contribution < -0.4 is 10.6 Å². The van der Waals surface area contributed by atoms with E-state index in [9.17, 15) is 32.3 Å². The monoisotopic (exact) mass is 827 g/mol. The molecule has 4 aliphatic rings. The summed E-state index contributed by atoms with van der Waals surface area (Å²) in [5.41, 5.74) is 1.54. The van der Waals surface area contributed by atoms with Gasteiger partial charge in [-0.3, -0.25) is 19.2 Å². The summed E-state index contributed by atoms with van der Waals surface area (Å²) in [5, 5.41) is 16.1. The van der Waals surface area contributed by atoms with Gasteiger partial charge in [0.2, 0.25) is 11.7 Å². The van der Waals surface area contributed by atoms with Crippen molar-refractivity contribution in [2.45, 2.75) is 61.9 Å². The molecule has 3 aliphatic heterocycles. The van der Waals surface area contributed by atoms with Crippen LogP contribution in [0.1, 0.15) is 44.6 Å². The summed E-state index contributed by atoms with van der Waals surface area (Å²) in [6.07, 6.45) is -6.42. The third kappa shape index (κ3) is 7.79. The van der Waals surface area contributed by atoms with Gasteiger partial charge in [-0.25, -0.2) is 4.79 Å². The highest BCUT2D eigenvalue weighted by Gasteiger charge is 2.76. The molecule has 6 atom stereocenters. The molecule has 3 heterocycles. The van der Waals surface area contributed by atoms with Gasteiger partial charge in [0, 0.05) is 42.3 Å². The van der Waals surface area contributed by atoms with Gasteiger partial charge in [0.1, 0.15) is 29.8 Å². The second-order valence-corrected chi connectivity index (χ2v) is 14.9. The van der Waals surface area contributed by atoms with E-state index >= 15 is 0 Å². The molecule has 13 nitrogen and oxygen atoms in total. The van der Waals surface area contributed by atoms with Crippen LogP contribution in [0.2, 0.25) is 0 Å². The second kappa shape index (κ2) is 16.6. The number of rotatable bonds is 13. The standard InChI is InChI=1S/C44H40F3N3O10/c45-43(46,47)26-56-34(52)19-18-28-11-7-8-12-30(28)25-50-37-40(54)57-33-23-42(37,41(55)49-24-27-10-9-13-29(22-27)39(53)48-20-21-51)38(60-50)36-35(33)58-44(59-36,31-14-3-1-4-15-31)32-16-5-2-6-17-32/h1-19,22,33,35-38,51H,20-21,23-26H2,(H,48,53)(H,49,55)/t33-,35+,36+,37+,38-,42+/m1/s1. The quantitative estimate of drug-likeness (QED) is 0.130. The van der Waals surface area contributed by atoms with Crippen LogP contribution in [0, 0.1) is 5.41 Å². The molecule has 1 aliphatic carbocycles. The van der Waals surface area contributed by atoms with Gasteiger partial charge in [-0.2, -0.15) is 18.2 Å². The van der Waals surface area contributed by atoms with Crippen molar-refractivity contribution in [3.05, 3.63) is 149 Å². The number of benzene rings is 4. The summed E-state index contributed by atoms with van der Waals surface area (Å²) in [4.78, 5) is 60.9. The fourth-order valence-corrected chi connectivity index (χ4v) is 8.50. The predicted molar refractivity (Wildman–Crippen MR) is 205 cm³/mol. The Bertz CT molecular complexity index is 2240. The van der Waals surface area contributed by atoms with Gasteiger partial charge >= 0.3 is 18.1 Å². The molecule has 3 N–H and O–H groups in total. The zero-order valence-corrected chi connectivity index (χ0v) is 31.9. The number of nitrogens with zero attached hydrogens (tertiary/aromatic N) is 1. The van der Waals surface area contributed by atoms with E-state index in [1.54, 1.807) is 48.5 Å². The van der Waals surface area contributed by atoms with Crippen molar-refractivity contribution in [3.8, 4) is 0 Å². The Morgan fingerprint density at radius 2 is 1.57 bits per heavy atom. The van der Waals surface area contributed by atoms with E-state index in [4.69, 9.17) is 24.2 Å². The summed E-state index contributed by atoms with van der Waals surface area (Å²) in [7, 11) is 0. The Morgan fingerprint density at radius 3 is 2.27 bits per heavy atom. The number of aliphatic hydroxyl groups excluding tert-OH is 1. The summed E-state index contributed by atoms with van der Waals surface area (Å²) in [6, 6.07) is 30.5. The molecule has 0 aromatic heterocycles. The maximum Gasteiger partial charge on any atom is 0.422 e.